The van der Waals surface area contributed by atoms with Gasteiger partial charge in [-0.15, -0.1) is 0 Å². The fourth-order valence-corrected chi connectivity index (χ4v) is 3.95. The Morgan fingerprint density at radius 3 is 2.34 bits per heavy atom. The van der Waals surface area contributed by atoms with E-state index in [1.165, 1.54) is 11.8 Å². The van der Waals surface area contributed by atoms with Crippen molar-refractivity contribution in [1.29, 1.82) is 0 Å². The third kappa shape index (κ3) is 4.14. The van der Waals surface area contributed by atoms with E-state index in [1.807, 2.05) is 68.4 Å². The number of furan rings is 1. The molecule has 0 spiro atoms. The number of ether oxygens (including phenoxy) is 3. The Balaban J connectivity index is 1.38. The number of nitrogens with zero attached hydrogens (tertiary/aromatic N) is 1. The summed E-state index contributed by atoms with van der Waals surface area (Å²) in [7, 11) is 0. The van der Waals surface area contributed by atoms with Gasteiger partial charge in [-0.3, -0.25) is 9.36 Å². The van der Waals surface area contributed by atoms with Crippen LogP contribution in [-0.4, -0.2) is 23.4 Å². The molecule has 4 aromatic rings. The Hall–Kier alpha value is -3.51. The number of pyridine rings is 1. The molecule has 0 bridgehead atoms. The standard InChI is InChI=1S/C26H25NO5/c1-17-3-7-20(8-4-17)30-16-23-22(31-21-9-5-18(2)6-10-21)15-24(32-23)27-13-11-19-12-14-29-25(19)26(27)28/h3-14,22-24H,15-16H2,1-2H3/t22-,23+,24+/m0/s1. The Morgan fingerprint density at radius 1 is 0.938 bits per heavy atom. The molecule has 1 saturated heterocycles. The van der Waals surface area contributed by atoms with Gasteiger partial charge in [0.15, 0.2) is 5.58 Å². The molecule has 1 aliphatic rings. The molecular weight excluding hydrogens is 406 g/mol. The van der Waals surface area contributed by atoms with E-state index in [4.69, 9.17) is 18.6 Å². The molecule has 0 radical (unpaired) electrons. The number of benzene rings is 2. The van der Waals surface area contributed by atoms with Crippen LogP contribution < -0.4 is 15.0 Å². The first kappa shape index (κ1) is 20.4. The Labute approximate surface area is 186 Å². The average Bonchev–Trinajstić information content (AvgIpc) is 3.43. The van der Waals surface area contributed by atoms with Crippen molar-refractivity contribution < 1.29 is 18.6 Å². The molecule has 0 aliphatic carbocycles. The first-order valence-electron chi connectivity index (χ1n) is 10.7. The highest BCUT2D eigenvalue weighted by Gasteiger charge is 2.39. The van der Waals surface area contributed by atoms with Crippen LogP contribution in [-0.2, 0) is 4.74 Å². The summed E-state index contributed by atoms with van der Waals surface area (Å²) in [6.07, 6.45) is 2.69. The Kier molecular flexibility index (Phi) is 5.45. The van der Waals surface area contributed by atoms with E-state index in [2.05, 4.69) is 0 Å². The third-order valence-electron chi connectivity index (χ3n) is 5.77. The third-order valence-corrected chi connectivity index (χ3v) is 5.77. The van der Waals surface area contributed by atoms with Crippen LogP contribution in [0.1, 0.15) is 23.8 Å². The molecule has 32 heavy (non-hydrogen) atoms. The first-order chi connectivity index (χ1) is 15.6. The molecule has 1 aliphatic heterocycles. The molecule has 164 valence electrons. The second-order valence-electron chi connectivity index (χ2n) is 8.19. The van der Waals surface area contributed by atoms with Crippen LogP contribution in [0.3, 0.4) is 0 Å². The van der Waals surface area contributed by atoms with Crippen molar-refractivity contribution in [2.24, 2.45) is 0 Å². The summed E-state index contributed by atoms with van der Waals surface area (Å²) in [6.45, 7) is 4.38. The van der Waals surface area contributed by atoms with Gasteiger partial charge in [0, 0.05) is 18.0 Å². The first-order valence-corrected chi connectivity index (χ1v) is 10.7. The van der Waals surface area contributed by atoms with Crippen molar-refractivity contribution in [2.45, 2.75) is 38.7 Å². The quantitative estimate of drug-likeness (QED) is 0.429. The molecule has 0 unspecified atom stereocenters. The lowest BCUT2D eigenvalue weighted by Crippen LogP contribution is -2.32. The summed E-state index contributed by atoms with van der Waals surface area (Å²) < 4.78 is 25.5. The summed E-state index contributed by atoms with van der Waals surface area (Å²) in [6, 6.07) is 19.4. The van der Waals surface area contributed by atoms with Gasteiger partial charge in [-0.1, -0.05) is 35.4 Å². The lowest BCUT2D eigenvalue weighted by atomic mass is 10.1. The largest absolute Gasteiger partial charge is 0.491 e. The van der Waals surface area contributed by atoms with Crippen molar-refractivity contribution in [3.05, 3.63) is 94.6 Å². The SMILES string of the molecule is Cc1ccc(OC[C@H]2O[C@@H](n3ccc4ccoc4c3=O)C[C@@H]2Oc2ccc(C)cc2)cc1. The van der Waals surface area contributed by atoms with E-state index < -0.39 is 6.23 Å². The normalized spacial score (nSPS) is 20.5. The fraction of sp³-hybridized carbons (Fsp3) is 0.269. The molecule has 6 nitrogen and oxygen atoms in total. The summed E-state index contributed by atoms with van der Waals surface area (Å²) in [5.74, 6) is 1.53. The number of aryl methyl sites for hydroxylation is 2. The maximum atomic E-state index is 12.9. The van der Waals surface area contributed by atoms with E-state index in [1.54, 1.807) is 16.8 Å². The summed E-state index contributed by atoms with van der Waals surface area (Å²) in [4.78, 5) is 12.9. The molecule has 3 atom stereocenters. The van der Waals surface area contributed by atoms with Crippen molar-refractivity contribution in [3.63, 3.8) is 0 Å². The smallest absolute Gasteiger partial charge is 0.296 e. The lowest BCUT2D eigenvalue weighted by molar-refractivity contribution is -0.0366. The van der Waals surface area contributed by atoms with Crippen LogP contribution in [0, 0.1) is 13.8 Å². The zero-order valence-electron chi connectivity index (χ0n) is 18.1. The predicted octanol–water partition coefficient (Wildman–Crippen LogP) is 5.03. The number of rotatable bonds is 6. The van der Waals surface area contributed by atoms with E-state index in [0.29, 0.717) is 18.6 Å². The minimum Gasteiger partial charge on any atom is -0.491 e. The van der Waals surface area contributed by atoms with Crippen LogP contribution in [0.2, 0.25) is 0 Å². The number of fused-ring (bicyclic) bond motifs is 1. The highest BCUT2D eigenvalue weighted by Crippen LogP contribution is 2.32. The van der Waals surface area contributed by atoms with Crippen LogP contribution >= 0.6 is 0 Å². The summed E-state index contributed by atoms with van der Waals surface area (Å²) in [5, 5.41) is 0.774. The molecule has 1 fully saturated rings. The zero-order valence-corrected chi connectivity index (χ0v) is 18.1. The Morgan fingerprint density at radius 2 is 1.62 bits per heavy atom. The molecule has 6 heteroatoms. The topological polar surface area (TPSA) is 62.8 Å². The molecule has 0 saturated carbocycles. The van der Waals surface area contributed by atoms with Crippen LogP contribution in [0.25, 0.3) is 11.0 Å². The molecule has 3 heterocycles. The van der Waals surface area contributed by atoms with Crippen molar-refractivity contribution in [2.75, 3.05) is 6.61 Å². The van der Waals surface area contributed by atoms with E-state index in [0.717, 1.165) is 22.4 Å². The van der Waals surface area contributed by atoms with E-state index in [9.17, 15) is 4.79 Å². The van der Waals surface area contributed by atoms with Crippen LogP contribution in [0.15, 0.2) is 82.3 Å². The second kappa shape index (κ2) is 8.55. The van der Waals surface area contributed by atoms with E-state index >= 15 is 0 Å². The molecule has 5 rings (SSSR count). The maximum absolute atomic E-state index is 12.9. The maximum Gasteiger partial charge on any atom is 0.296 e. The number of hydrogen-bond donors (Lipinski definition) is 0. The van der Waals surface area contributed by atoms with E-state index in [-0.39, 0.29) is 17.8 Å². The summed E-state index contributed by atoms with van der Waals surface area (Å²) in [5.41, 5.74) is 2.44. The van der Waals surface area contributed by atoms with Crippen LogP contribution in [0.4, 0.5) is 0 Å². The van der Waals surface area contributed by atoms with Gasteiger partial charge < -0.3 is 18.6 Å². The monoisotopic (exact) mass is 431 g/mol. The van der Waals surface area contributed by atoms with Gasteiger partial charge >= 0.3 is 0 Å². The van der Waals surface area contributed by atoms with Gasteiger partial charge in [-0.05, 0) is 50.2 Å². The minimum absolute atomic E-state index is 0.216. The highest BCUT2D eigenvalue weighted by molar-refractivity contribution is 5.75. The van der Waals surface area contributed by atoms with Crippen LogP contribution in [0.5, 0.6) is 11.5 Å². The minimum atomic E-state index is -0.473. The molecule has 2 aromatic carbocycles. The molecule has 2 aromatic heterocycles. The predicted molar refractivity (Wildman–Crippen MR) is 121 cm³/mol. The second-order valence-corrected chi connectivity index (χ2v) is 8.19. The molecule has 0 N–H and O–H groups in total. The van der Waals surface area contributed by atoms with Gasteiger partial charge in [-0.2, -0.15) is 0 Å². The van der Waals surface area contributed by atoms with Crippen molar-refractivity contribution in [3.8, 4) is 11.5 Å². The lowest BCUT2D eigenvalue weighted by Gasteiger charge is -2.20. The number of aromatic nitrogens is 1. The Bertz CT molecular complexity index is 1260. The van der Waals surface area contributed by atoms with Gasteiger partial charge in [0.1, 0.15) is 36.5 Å². The van der Waals surface area contributed by atoms with Gasteiger partial charge in [-0.25, -0.2) is 0 Å². The van der Waals surface area contributed by atoms with Gasteiger partial charge in [0.2, 0.25) is 0 Å². The highest BCUT2D eigenvalue weighted by atomic mass is 16.6. The van der Waals surface area contributed by atoms with Crippen molar-refractivity contribution >= 4 is 11.0 Å². The fourth-order valence-electron chi connectivity index (χ4n) is 3.95. The van der Waals surface area contributed by atoms with Gasteiger partial charge in [0.05, 0.1) is 6.26 Å². The molecular formula is C26H25NO5. The van der Waals surface area contributed by atoms with Crippen molar-refractivity contribution in [1.82, 2.24) is 4.57 Å². The zero-order chi connectivity index (χ0) is 22.1. The number of hydrogen-bond acceptors (Lipinski definition) is 5. The average molecular weight is 431 g/mol. The van der Waals surface area contributed by atoms with Gasteiger partial charge in [0.25, 0.3) is 5.56 Å². The molecule has 0 amide bonds. The summed E-state index contributed by atoms with van der Waals surface area (Å²) >= 11 is 0.